The van der Waals surface area contributed by atoms with Crippen molar-refractivity contribution < 1.29 is 14.3 Å². The second-order valence-electron chi connectivity index (χ2n) is 5.11. The van der Waals surface area contributed by atoms with Gasteiger partial charge in [0.2, 0.25) is 0 Å². The first kappa shape index (κ1) is 18.0. The summed E-state index contributed by atoms with van der Waals surface area (Å²) in [5, 5.41) is 9.35. The molecule has 5 heteroatoms. The van der Waals surface area contributed by atoms with Gasteiger partial charge in [0.05, 0.1) is 6.67 Å². The normalized spacial score (nSPS) is 10.3. The molecule has 1 aromatic heterocycles. The monoisotopic (exact) mass is 306 g/mol. The van der Waals surface area contributed by atoms with E-state index in [0.29, 0.717) is 6.42 Å². The highest BCUT2D eigenvalue weighted by molar-refractivity contribution is 5.84. The molecule has 4 nitrogen and oxygen atoms in total. The lowest BCUT2D eigenvalue weighted by Crippen LogP contribution is -2.19. The van der Waals surface area contributed by atoms with Crippen LogP contribution in [0.5, 0.6) is 0 Å². The predicted octanol–water partition coefficient (Wildman–Crippen LogP) is 3.51. The van der Waals surface area contributed by atoms with Gasteiger partial charge in [0.1, 0.15) is 0 Å². The Morgan fingerprint density at radius 1 is 1.27 bits per heavy atom. The Morgan fingerprint density at radius 3 is 2.77 bits per heavy atom. The number of aromatic nitrogens is 1. The van der Waals surface area contributed by atoms with E-state index in [-0.39, 0.29) is 13.1 Å². The first-order valence-electron chi connectivity index (χ1n) is 7.37. The number of benzene rings is 1. The van der Waals surface area contributed by atoms with E-state index < -0.39 is 0 Å². The standard InChI is InChI=1S/C16H21FN2.CH2O2/c1-19(11-4-2-3-9-17)13-15-7-5-6-14-12-18-10-8-16(14)15;2-1-3/h5-8,10,12H,2-4,9,11,13H2,1H3;1H,(H,2,3). The van der Waals surface area contributed by atoms with Crippen LogP contribution in [0.25, 0.3) is 10.8 Å². The molecular weight excluding hydrogens is 283 g/mol. The van der Waals surface area contributed by atoms with Crippen LogP contribution in [-0.4, -0.2) is 41.7 Å². The molecule has 2 aromatic rings. The lowest BCUT2D eigenvalue weighted by molar-refractivity contribution is -0.122. The van der Waals surface area contributed by atoms with E-state index in [2.05, 4.69) is 41.2 Å². The van der Waals surface area contributed by atoms with E-state index in [4.69, 9.17) is 9.90 Å². The Hall–Kier alpha value is -2.01. The average Bonchev–Trinajstić information content (AvgIpc) is 2.53. The maximum atomic E-state index is 12.0. The molecule has 0 amide bonds. The average molecular weight is 306 g/mol. The quantitative estimate of drug-likeness (QED) is 0.628. The van der Waals surface area contributed by atoms with Crippen LogP contribution in [0.2, 0.25) is 0 Å². The van der Waals surface area contributed by atoms with E-state index in [1.54, 1.807) is 0 Å². The molecule has 0 aliphatic carbocycles. The first-order valence-corrected chi connectivity index (χ1v) is 7.37. The van der Waals surface area contributed by atoms with Gasteiger partial charge in [-0.25, -0.2) is 0 Å². The maximum Gasteiger partial charge on any atom is 0.290 e. The lowest BCUT2D eigenvalue weighted by atomic mass is 10.1. The van der Waals surface area contributed by atoms with Crippen molar-refractivity contribution in [2.24, 2.45) is 0 Å². The number of pyridine rings is 1. The summed E-state index contributed by atoms with van der Waals surface area (Å²) in [6, 6.07) is 8.41. The number of unbranched alkanes of at least 4 members (excludes halogenated alkanes) is 2. The number of rotatable bonds is 7. The fourth-order valence-electron chi connectivity index (χ4n) is 2.35. The largest absolute Gasteiger partial charge is 0.483 e. The number of alkyl halides is 1. The Balaban J connectivity index is 0.000000745. The third-order valence-electron chi connectivity index (χ3n) is 3.38. The van der Waals surface area contributed by atoms with Gasteiger partial charge in [-0.05, 0) is 49.9 Å². The zero-order chi connectivity index (χ0) is 16.2. The van der Waals surface area contributed by atoms with Gasteiger partial charge in [0, 0.05) is 24.3 Å². The first-order chi connectivity index (χ1) is 10.7. The van der Waals surface area contributed by atoms with Crippen LogP contribution in [-0.2, 0) is 11.3 Å². The highest BCUT2D eigenvalue weighted by atomic mass is 19.1. The molecular formula is C17H23FN2O2. The number of carboxylic acid groups (broad SMARTS) is 1. The van der Waals surface area contributed by atoms with Gasteiger partial charge >= 0.3 is 0 Å². The second-order valence-corrected chi connectivity index (χ2v) is 5.11. The fraction of sp³-hybridized carbons (Fsp3) is 0.412. The summed E-state index contributed by atoms with van der Waals surface area (Å²) in [6.45, 7) is 1.50. The number of hydrogen-bond donors (Lipinski definition) is 1. The van der Waals surface area contributed by atoms with Crippen molar-refractivity contribution in [2.75, 3.05) is 20.3 Å². The molecule has 1 heterocycles. The molecule has 1 N–H and O–H groups in total. The zero-order valence-electron chi connectivity index (χ0n) is 12.9. The molecule has 0 saturated heterocycles. The van der Waals surface area contributed by atoms with Crippen LogP contribution in [0.1, 0.15) is 24.8 Å². The summed E-state index contributed by atoms with van der Waals surface area (Å²) in [4.78, 5) is 14.8. The van der Waals surface area contributed by atoms with Gasteiger partial charge in [-0.3, -0.25) is 14.2 Å². The van der Waals surface area contributed by atoms with Crippen LogP contribution < -0.4 is 0 Å². The topological polar surface area (TPSA) is 53.4 Å². The number of carbonyl (C=O) groups is 1. The minimum absolute atomic E-state index is 0.194. The number of halogens is 1. The number of nitrogens with zero attached hydrogens (tertiary/aromatic N) is 2. The van der Waals surface area contributed by atoms with Crippen molar-refractivity contribution in [2.45, 2.75) is 25.8 Å². The SMILES string of the molecule is CN(CCCCCF)Cc1cccc2cnccc12.O=CO. The molecule has 2 rings (SSSR count). The van der Waals surface area contributed by atoms with Gasteiger partial charge in [-0.1, -0.05) is 18.2 Å². The Bertz CT molecular complexity index is 558. The van der Waals surface area contributed by atoms with Crippen molar-refractivity contribution in [3.05, 3.63) is 42.2 Å². The maximum absolute atomic E-state index is 12.0. The summed E-state index contributed by atoms with van der Waals surface area (Å²) in [6.07, 6.45) is 6.47. The molecule has 120 valence electrons. The van der Waals surface area contributed by atoms with Gasteiger partial charge in [0.15, 0.2) is 0 Å². The molecule has 0 spiro atoms. The van der Waals surface area contributed by atoms with E-state index in [0.717, 1.165) is 25.9 Å². The molecule has 0 aliphatic rings. The molecule has 0 atom stereocenters. The molecule has 0 unspecified atom stereocenters. The van der Waals surface area contributed by atoms with E-state index in [1.165, 1.54) is 16.3 Å². The Kier molecular flexibility index (Phi) is 8.76. The summed E-state index contributed by atoms with van der Waals surface area (Å²) in [5.41, 5.74) is 1.33. The zero-order valence-corrected chi connectivity index (χ0v) is 12.9. The van der Waals surface area contributed by atoms with Crippen molar-refractivity contribution in [1.29, 1.82) is 0 Å². The van der Waals surface area contributed by atoms with Crippen molar-refractivity contribution in [3.63, 3.8) is 0 Å². The number of fused-ring (bicyclic) bond motifs is 1. The summed E-state index contributed by atoms with van der Waals surface area (Å²) in [5.74, 6) is 0. The van der Waals surface area contributed by atoms with Gasteiger partial charge < -0.3 is 10.0 Å². The molecule has 0 radical (unpaired) electrons. The van der Waals surface area contributed by atoms with E-state index in [9.17, 15) is 4.39 Å². The van der Waals surface area contributed by atoms with Crippen molar-refractivity contribution in [1.82, 2.24) is 9.88 Å². The summed E-state index contributed by atoms with van der Waals surface area (Å²) >= 11 is 0. The van der Waals surface area contributed by atoms with Gasteiger partial charge in [-0.15, -0.1) is 0 Å². The minimum Gasteiger partial charge on any atom is -0.483 e. The Morgan fingerprint density at radius 2 is 2.05 bits per heavy atom. The lowest BCUT2D eigenvalue weighted by Gasteiger charge is -2.17. The van der Waals surface area contributed by atoms with Crippen LogP contribution in [0, 0.1) is 0 Å². The van der Waals surface area contributed by atoms with Crippen LogP contribution in [0.4, 0.5) is 4.39 Å². The summed E-state index contributed by atoms with van der Waals surface area (Å²) < 4.78 is 12.0. The van der Waals surface area contributed by atoms with Crippen LogP contribution in [0.15, 0.2) is 36.7 Å². The van der Waals surface area contributed by atoms with Gasteiger partial charge in [-0.2, -0.15) is 0 Å². The highest BCUT2D eigenvalue weighted by Gasteiger charge is 2.04. The molecule has 1 aromatic carbocycles. The smallest absolute Gasteiger partial charge is 0.290 e. The van der Waals surface area contributed by atoms with E-state index in [1.807, 2.05) is 12.4 Å². The molecule has 0 bridgehead atoms. The predicted molar refractivity (Wildman–Crippen MR) is 86.6 cm³/mol. The Labute approximate surface area is 130 Å². The van der Waals surface area contributed by atoms with E-state index >= 15 is 0 Å². The fourth-order valence-corrected chi connectivity index (χ4v) is 2.35. The van der Waals surface area contributed by atoms with Crippen LogP contribution >= 0.6 is 0 Å². The summed E-state index contributed by atoms with van der Waals surface area (Å²) in [7, 11) is 2.12. The third-order valence-corrected chi connectivity index (χ3v) is 3.38. The highest BCUT2D eigenvalue weighted by Crippen LogP contribution is 2.18. The second kappa shape index (κ2) is 10.7. The minimum atomic E-state index is -0.250. The van der Waals surface area contributed by atoms with Crippen LogP contribution in [0.3, 0.4) is 0 Å². The molecule has 0 aliphatic heterocycles. The van der Waals surface area contributed by atoms with Crippen molar-refractivity contribution >= 4 is 17.2 Å². The molecule has 0 saturated carbocycles. The third kappa shape index (κ3) is 6.18. The van der Waals surface area contributed by atoms with Gasteiger partial charge in [0.25, 0.3) is 6.47 Å². The number of hydrogen-bond acceptors (Lipinski definition) is 3. The van der Waals surface area contributed by atoms with Crippen molar-refractivity contribution in [3.8, 4) is 0 Å². The molecule has 22 heavy (non-hydrogen) atoms. The molecule has 0 fully saturated rings.